The number of aromatic amines is 1. The Kier molecular flexibility index (Phi) is 3.32. The van der Waals surface area contributed by atoms with E-state index in [0.717, 1.165) is 49.4 Å². The van der Waals surface area contributed by atoms with E-state index in [-0.39, 0.29) is 5.43 Å². The normalized spacial score (nSPS) is 11.6. The van der Waals surface area contributed by atoms with Gasteiger partial charge in [-0.1, -0.05) is 72.8 Å². The van der Waals surface area contributed by atoms with Gasteiger partial charge < -0.3 is 4.98 Å². The summed E-state index contributed by atoms with van der Waals surface area (Å²) in [4.78, 5) is 21.0. The van der Waals surface area contributed by atoms with E-state index in [4.69, 9.17) is 4.98 Å². The molecule has 2 heterocycles. The second-order valence-electron chi connectivity index (χ2n) is 7.31. The van der Waals surface area contributed by atoms with Crippen LogP contribution in [0.1, 0.15) is 0 Å². The van der Waals surface area contributed by atoms with Crippen molar-refractivity contribution >= 4 is 43.4 Å². The molecule has 29 heavy (non-hydrogen) atoms. The molecular formula is C26H16N2O. The second kappa shape index (κ2) is 6.01. The molecule has 6 aromatic rings. The minimum atomic E-state index is 0.0268. The highest BCUT2D eigenvalue weighted by Gasteiger charge is 2.09. The summed E-state index contributed by atoms with van der Waals surface area (Å²) in [5, 5.41) is 6.10. The van der Waals surface area contributed by atoms with Crippen LogP contribution in [0.25, 0.3) is 54.7 Å². The van der Waals surface area contributed by atoms with E-state index in [0.29, 0.717) is 0 Å². The first-order chi connectivity index (χ1) is 14.3. The Morgan fingerprint density at radius 2 is 1.34 bits per heavy atom. The quantitative estimate of drug-likeness (QED) is 0.357. The lowest BCUT2D eigenvalue weighted by Crippen LogP contribution is -2.00. The molecule has 0 saturated heterocycles. The Morgan fingerprint density at radius 1 is 0.621 bits per heavy atom. The van der Waals surface area contributed by atoms with Crippen LogP contribution in [0, 0.1) is 0 Å². The number of rotatable bonds is 1. The SMILES string of the molecule is O=c1cccc2ccc3ccc(-c4ccc5ccc6ccccc6c5n4)[nH]c3c12. The summed E-state index contributed by atoms with van der Waals surface area (Å²) in [6.07, 6.45) is 0. The summed E-state index contributed by atoms with van der Waals surface area (Å²) in [6.45, 7) is 0. The van der Waals surface area contributed by atoms with Crippen LogP contribution in [0.3, 0.4) is 0 Å². The average molecular weight is 372 g/mol. The number of hydrogen-bond donors (Lipinski definition) is 1. The van der Waals surface area contributed by atoms with Gasteiger partial charge in [-0.15, -0.1) is 0 Å². The number of aromatic nitrogens is 2. The minimum Gasteiger partial charge on any atom is -0.353 e. The van der Waals surface area contributed by atoms with E-state index < -0.39 is 0 Å². The zero-order chi connectivity index (χ0) is 19.4. The number of benzene rings is 4. The highest BCUT2D eigenvalue weighted by molar-refractivity contribution is 6.07. The van der Waals surface area contributed by atoms with Gasteiger partial charge in [0.05, 0.1) is 27.8 Å². The van der Waals surface area contributed by atoms with Crippen molar-refractivity contribution in [2.45, 2.75) is 0 Å². The first-order valence-electron chi connectivity index (χ1n) is 9.62. The lowest BCUT2D eigenvalue weighted by Gasteiger charge is -2.09. The van der Waals surface area contributed by atoms with Crippen molar-refractivity contribution in [1.82, 2.24) is 9.97 Å². The largest absolute Gasteiger partial charge is 0.353 e. The molecule has 3 nitrogen and oxygen atoms in total. The topological polar surface area (TPSA) is 45.8 Å². The summed E-state index contributed by atoms with van der Waals surface area (Å²) < 4.78 is 0. The molecule has 0 aliphatic rings. The highest BCUT2D eigenvalue weighted by atomic mass is 16.1. The maximum atomic E-state index is 12.5. The van der Waals surface area contributed by atoms with Crippen LogP contribution in [0.2, 0.25) is 0 Å². The van der Waals surface area contributed by atoms with Crippen molar-refractivity contribution in [1.29, 1.82) is 0 Å². The highest BCUT2D eigenvalue weighted by Crippen LogP contribution is 2.28. The smallest absolute Gasteiger partial charge is 0.188 e. The molecule has 0 atom stereocenters. The molecule has 0 saturated carbocycles. The van der Waals surface area contributed by atoms with Crippen LogP contribution in [0.4, 0.5) is 0 Å². The predicted octanol–water partition coefficient (Wildman–Crippen LogP) is 6.05. The average Bonchev–Trinajstić information content (AvgIpc) is 2.78. The van der Waals surface area contributed by atoms with Crippen molar-refractivity contribution in [2.75, 3.05) is 0 Å². The van der Waals surface area contributed by atoms with Gasteiger partial charge in [-0.2, -0.15) is 0 Å². The van der Waals surface area contributed by atoms with Gasteiger partial charge in [-0.05, 0) is 34.4 Å². The van der Waals surface area contributed by atoms with E-state index in [1.807, 2.05) is 48.5 Å². The summed E-state index contributed by atoms with van der Waals surface area (Å²) in [7, 11) is 0. The Balaban J connectivity index is 1.65. The second-order valence-corrected chi connectivity index (χ2v) is 7.31. The van der Waals surface area contributed by atoms with Gasteiger partial charge in [0.25, 0.3) is 0 Å². The standard InChI is InChI=1S/C26H16N2O/c29-23-7-3-5-17-9-11-19-13-15-22(28-26(19)24(17)23)21-14-12-18-10-8-16-4-1-2-6-20(16)25(18)27-21/h1-15,28H. The molecule has 0 radical (unpaired) electrons. The summed E-state index contributed by atoms with van der Waals surface area (Å²) >= 11 is 0. The van der Waals surface area contributed by atoms with E-state index in [1.165, 1.54) is 5.39 Å². The first kappa shape index (κ1) is 16.0. The molecule has 0 bridgehead atoms. The van der Waals surface area contributed by atoms with Crippen LogP contribution in [0.15, 0.2) is 95.8 Å². The molecule has 0 fully saturated rings. The van der Waals surface area contributed by atoms with Crippen molar-refractivity contribution in [3.63, 3.8) is 0 Å². The minimum absolute atomic E-state index is 0.0268. The first-order valence-corrected chi connectivity index (χ1v) is 9.62. The number of H-pyrrole nitrogens is 1. The van der Waals surface area contributed by atoms with Crippen LogP contribution >= 0.6 is 0 Å². The molecule has 0 aliphatic heterocycles. The third kappa shape index (κ3) is 2.44. The van der Waals surface area contributed by atoms with E-state index in [2.05, 4.69) is 35.3 Å². The van der Waals surface area contributed by atoms with E-state index in [9.17, 15) is 4.79 Å². The van der Waals surface area contributed by atoms with Crippen LogP contribution in [0.5, 0.6) is 0 Å². The zero-order valence-corrected chi connectivity index (χ0v) is 15.5. The van der Waals surface area contributed by atoms with Gasteiger partial charge in [0.1, 0.15) is 0 Å². The maximum Gasteiger partial charge on any atom is 0.188 e. The molecule has 0 aliphatic carbocycles. The molecule has 0 spiro atoms. The van der Waals surface area contributed by atoms with Gasteiger partial charge in [0, 0.05) is 10.8 Å². The number of nitrogens with one attached hydrogen (secondary N) is 1. The molecule has 0 amide bonds. The number of fused-ring (bicyclic) bond motifs is 6. The van der Waals surface area contributed by atoms with Crippen LogP contribution in [-0.4, -0.2) is 9.97 Å². The van der Waals surface area contributed by atoms with Crippen molar-refractivity contribution < 1.29 is 0 Å². The van der Waals surface area contributed by atoms with Gasteiger partial charge in [-0.25, -0.2) is 4.98 Å². The Hall–Kier alpha value is -3.98. The Labute approximate surface area is 166 Å². The molecule has 2 aromatic heterocycles. The maximum absolute atomic E-state index is 12.5. The Morgan fingerprint density at radius 3 is 2.31 bits per heavy atom. The fourth-order valence-corrected chi connectivity index (χ4v) is 4.14. The molecule has 3 heteroatoms. The lowest BCUT2D eigenvalue weighted by molar-refractivity contribution is 1.33. The van der Waals surface area contributed by atoms with Gasteiger partial charge >= 0.3 is 0 Å². The Bertz CT molecular complexity index is 1630. The summed E-state index contributed by atoms with van der Waals surface area (Å²) in [5.74, 6) is 0. The van der Waals surface area contributed by atoms with Crippen molar-refractivity contribution in [2.24, 2.45) is 0 Å². The van der Waals surface area contributed by atoms with Gasteiger partial charge in [0.15, 0.2) is 5.43 Å². The van der Waals surface area contributed by atoms with Crippen LogP contribution in [-0.2, 0) is 0 Å². The van der Waals surface area contributed by atoms with Gasteiger partial charge in [0.2, 0.25) is 0 Å². The molecule has 4 aromatic carbocycles. The monoisotopic (exact) mass is 372 g/mol. The fourth-order valence-electron chi connectivity index (χ4n) is 4.14. The fraction of sp³-hybridized carbons (Fsp3) is 0. The van der Waals surface area contributed by atoms with Gasteiger partial charge in [-0.3, -0.25) is 4.79 Å². The summed E-state index contributed by atoms with van der Waals surface area (Å²) in [6, 6.07) is 30.1. The van der Waals surface area contributed by atoms with Crippen molar-refractivity contribution in [3.05, 3.63) is 101 Å². The summed E-state index contributed by atoms with van der Waals surface area (Å²) in [5.41, 5.74) is 3.61. The van der Waals surface area contributed by atoms with E-state index >= 15 is 0 Å². The molecule has 1 N–H and O–H groups in total. The molecule has 136 valence electrons. The lowest BCUT2D eigenvalue weighted by atomic mass is 10.0. The third-order valence-corrected chi connectivity index (χ3v) is 5.59. The third-order valence-electron chi connectivity index (χ3n) is 5.59. The zero-order valence-electron chi connectivity index (χ0n) is 15.5. The number of pyridine rings is 2. The van der Waals surface area contributed by atoms with E-state index in [1.54, 1.807) is 12.1 Å². The number of nitrogens with zero attached hydrogens (tertiary/aromatic N) is 1. The molecule has 0 unspecified atom stereocenters. The predicted molar refractivity (Wildman–Crippen MR) is 120 cm³/mol. The van der Waals surface area contributed by atoms with Crippen LogP contribution < -0.4 is 5.43 Å². The molecular weight excluding hydrogens is 356 g/mol. The molecule has 6 rings (SSSR count). The number of hydrogen-bond acceptors (Lipinski definition) is 2. The van der Waals surface area contributed by atoms with Crippen molar-refractivity contribution in [3.8, 4) is 11.4 Å².